The summed E-state index contributed by atoms with van der Waals surface area (Å²) in [5, 5.41) is 9.00. The van der Waals surface area contributed by atoms with Gasteiger partial charge in [-0.25, -0.2) is 9.98 Å². The molecule has 0 spiro atoms. The first-order chi connectivity index (χ1) is 6.74. The summed E-state index contributed by atoms with van der Waals surface area (Å²) in [5.74, 6) is 1.04. The van der Waals surface area contributed by atoms with Crippen LogP contribution in [-0.2, 0) is 0 Å². The molecule has 0 radical (unpaired) electrons. The molecule has 5 nitrogen and oxygen atoms in total. The normalized spacial score (nSPS) is 20.8. The van der Waals surface area contributed by atoms with E-state index in [0.29, 0.717) is 11.9 Å². The molecule has 0 aliphatic carbocycles. The number of hydrogen-bond acceptors (Lipinski definition) is 6. The summed E-state index contributed by atoms with van der Waals surface area (Å²) in [6.07, 6.45) is -0.126. The molecule has 0 saturated heterocycles. The lowest BCUT2D eigenvalue weighted by Crippen LogP contribution is -2.44. The number of thiophene rings is 1. The van der Waals surface area contributed by atoms with Gasteiger partial charge < -0.3 is 11.1 Å². The molecular weight excluding hydrogens is 198 g/mol. The summed E-state index contributed by atoms with van der Waals surface area (Å²) >= 11 is 1.61. The van der Waals surface area contributed by atoms with Crippen molar-refractivity contribution < 1.29 is 0 Å². The topological polar surface area (TPSA) is 74.8 Å². The third-order valence-electron chi connectivity index (χ3n) is 1.65. The molecule has 1 atom stereocenters. The van der Waals surface area contributed by atoms with Crippen LogP contribution < -0.4 is 16.4 Å². The predicted molar refractivity (Wildman–Crippen MR) is 59.6 cm³/mol. The van der Waals surface area contributed by atoms with Gasteiger partial charge >= 0.3 is 0 Å². The maximum absolute atomic E-state index is 5.57. The zero-order valence-electron chi connectivity index (χ0n) is 7.69. The van der Waals surface area contributed by atoms with E-state index in [1.54, 1.807) is 11.3 Å². The SMILES string of the molecule is CC1N=C(N)NC(Nc2cccs2)=N1. The minimum absolute atomic E-state index is 0.126. The zero-order valence-corrected chi connectivity index (χ0v) is 8.51. The summed E-state index contributed by atoms with van der Waals surface area (Å²) in [6.45, 7) is 1.88. The van der Waals surface area contributed by atoms with Crippen molar-refractivity contribution in [3.63, 3.8) is 0 Å². The molecule has 0 bridgehead atoms. The predicted octanol–water partition coefficient (Wildman–Crippen LogP) is 0.780. The molecule has 14 heavy (non-hydrogen) atoms. The molecule has 1 aliphatic rings. The Labute approximate surface area is 85.8 Å². The fourth-order valence-corrected chi connectivity index (χ4v) is 1.75. The molecule has 6 heteroatoms. The Morgan fingerprint density at radius 2 is 2.43 bits per heavy atom. The van der Waals surface area contributed by atoms with Crippen LogP contribution in [0.2, 0.25) is 0 Å². The second-order valence-corrected chi connectivity index (χ2v) is 3.80. The molecule has 1 aliphatic heterocycles. The van der Waals surface area contributed by atoms with Crippen molar-refractivity contribution in [2.24, 2.45) is 15.7 Å². The van der Waals surface area contributed by atoms with Gasteiger partial charge in [0.25, 0.3) is 0 Å². The van der Waals surface area contributed by atoms with Crippen molar-refractivity contribution in [2.45, 2.75) is 13.1 Å². The molecule has 0 aromatic carbocycles. The van der Waals surface area contributed by atoms with Crippen LogP contribution in [0.15, 0.2) is 27.5 Å². The Hall–Kier alpha value is -1.56. The molecular formula is C8H11N5S. The molecule has 1 aromatic rings. The number of nitrogens with two attached hydrogens (primary N) is 1. The highest BCUT2D eigenvalue weighted by Gasteiger charge is 2.10. The van der Waals surface area contributed by atoms with Crippen molar-refractivity contribution >= 4 is 28.3 Å². The first kappa shape index (κ1) is 9.01. The molecule has 2 rings (SSSR count). The Bertz CT molecular complexity index is 367. The number of anilines is 1. The van der Waals surface area contributed by atoms with Gasteiger partial charge in [0, 0.05) is 0 Å². The average Bonchev–Trinajstić information content (AvgIpc) is 2.54. The van der Waals surface area contributed by atoms with Gasteiger partial charge in [0.05, 0.1) is 5.00 Å². The molecule has 0 fully saturated rings. The van der Waals surface area contributed by atoms with Gasteiger partial charge in [0.2, 0.25) is 5.96 Å². The summed E-state index contributed by atoms with van der Waals surface area (Å²) in [6, 6.07) is 3.94. The highest BCUT2D eigenvalue weighted by Crippen LogP contribution is 2.15. The van der Waals surface area contributed by atoms with Crippen molar-refractivity contribution in [3.8, 4) is 0 Å². The van der Waals surface area contributed by atoms with E-state index in [2.05, 4.69) is 20.6 Å². The van der Waals surface area contributed by atoms with E-state index in [-0.39, 0.29) is 6.17 Å². The van der Waals surface area contributed by atoms with Crippen LogP contribution in [0, 0.1) is 0 Å². The Kier molecular flexibility index (Phi) is 2.36. The van der Waals surface area contributed by atoms with Crippen LogP contribution in [0.4, 0.5) is 5.00 Å². The molecule has 1 aromatic heterocycles. The summed E-state index contributed by atoms with van der Waals surface area (Å²) in [7, 11) is 0. The van der Waals surface area contributed by atoms with Crippen LogP contribution in [0.25, 0.3) is 0 Å². The van der Waals surface area contributed by atoms with Gasteiger partial charge in [-0.05, 0) is 24.4 Å². The zero-order chi connectivity index (χ0) is 9.97. The van der Waals surface area contributed by atoms with E-state index in [1.165, 1.54) is 0 Å². The number of hydrogen-bond donors (Lipinski definition) is 3. The van der Waals surface area contributed by atoms with Gasteiger partial charge in [-0.3, -0.25) is 5.32 Å². The summed E-state index contributed by atoms with van der Waals surface area (Å²) < 4.78 is 0. The Balaban J connectivity index is 2.06. The molecule has 1 unspecified atom stereocenters. The highest BCUT2D eigenvalue weighted by molar-refractivity contribution is 7.14. The van der Waals surface area contributed by atoms with Crippen LogP contribution >= 0.6 is 11.3 Å². The third kappa shape index (κ3) is 2.02. The van der Waals surface area contributed by atoms with Gasteiger partial charge in [-0.2, -0.15) is 0 Å². The minimum atomic E-state index is -0.126. The van der Waals surface area contributed by atoms with Gasteiger partial charge in [-0.15, -0.1) is 11.3 Å². The van der Waals surface area contributed by atoms with Crippen LogP contribution in [0.1, 0.15) is 6.92 Å². The first-order valence-corrected chi connectivity index (χ1v) is 5.10. The summed E-state index contributed by atoms with van der Waals surface area (Å²) in [5.41, 5.74) is 5.57. The van der Waals surface area contributed by atoms with E-state index < -0.39 is 0 Å². The second kappa shape index (κ2) is 3.67. The number of nitrogens with zero attached hydrogens (tertiary/aromatic N) is 2. The first-order valence-electron chi connectivity index (χ1n) is 4.22. The van der Waals surface area contributed by atoms with Crippen molar-refractivity contribution in [2.75, 3.05) is 5.32 Å². The maximum atomic E-state index is 5.57. The van der Waals surface area contributed by atoms with Crippen molar-refractivity contribution in [1.82, 2.24) is 5.32 Å². The van der Waals surface area contributed by atoms with Crippen molar-refractivity contribution in [1.29, 1.82) is 0 Å². The Morgan fingerprint density at radius 1 is 1.57 bits per heavy atom. The van der Waals surface area contributed by atoms with Gasteiger partial charge in [0.1, 0.15) is 6.17 Å². The van der Waals surface area contributed by atoms with E-state index in [0.717, 1.165) is 5.00 Å². The lowest BCUT2D eigenvalue weighted by Gasteiger charge is -2.16. The standard InChI is InChI=1S/C8H11N5S/c1-5-10-7(9)13-8(11-5)12-6-3-2-4-14-6/h2-5H,1H3,(H4,9,10,11,12,13). The fourth-order valence-electron chi connectivity index (χ4n) is 1.13. The van der Waals surface area contributed by atoms with E-state index in [4.69, 9.17) is 5.73 Å². The monoisotopic (exact) mass is 209 g/mol. The fraction of sp³-hybridized carbons (Fsp3) is 0.250. The minimum Gasteiger partial charge on any atom is -0.370 e. The maximum Gasteiger partial charge on any atom is 0.205 e. The van der Waals surface area contributed by atoms with Crippen LogP contribution in [0.3, 0.4) is 0 Å². The van der Waals surface area contributed by atoms with E-state index in [9.17, 15) is 0 Å². The van der Waals surface area contributed by atoms with Crippen LogP contribution in [-0.4, -0.2) is 18.1 Å². The molecule has 74 valence electrons. The molecule has 2 heterocycles. The molecule has 4 N–H and O–H groups in total. The molecule has 0 amide bonds. The van der Waals surface area contributed by atoms with Gasteiger partial charge in [0.15, 0.2) is 5.96 Å². The van der Waals surface area contributed by atoms with Crippen molar-refractivity contribution in [3.05, 3.63) is 17.5 Å². The summed E-state index contributed by atoms with van der Waals surface area (Å²) in [4.78, 5) is 8.26. The lowest BCUT2D eigenvalue weighted by atomic mass is 10.5. The molecule has 0 saturated carbocycles. The lowest BCUT2D eigenvalue weighted by molar-refractivity contribution is 0.766. The smallest absolute Gasteiger partial charge is 0.205 e. The number of aliphatic imine (C=N–C) groups is 2. The van der Waals surface area contributed by atoms with E-state index in [1.807, 2.05) is 24.4 Å². The van der Waals surface area contributed by atoms with Crippen LogP contribution in [0.5, 0.6) is 0 Å². The Morgan fingerprint density at radius 3 is 3.07 bits per heavy atom. The number of nitrogens with one attached hydrogen (secondary N) is 2. The van der Waals surface area contributed by atoms with Gasteiger partial charge in [-0.1, -0.05) is 0 Å². The number of guanidine groups is 2. The second-order valence-electron chi connectivity index (χ2n) is 2.85. The number of rotatable bonds is 1. The third-order valence-corrected chi connectivity index (χ3v) is 2.44. The highest BCUT2D eigenvalue weighted by atomic mass is 32.1. The van der Waals surface area contributed by atoms with E-state index >= 15 is 0 Å². The average molecular weight is 209 g/mol. The quantitative estimate of drug-likeness (QED) is 0.640. The largest absolute Gasteiger partial charge is 0.370 e.